The molecule has 4 fully saturated rings. The van der Waals surface area contributed by atoms with Gasteiger partial charge >= 0.3 is 0 Å². The molecule has 0 aromatic carbocycles. The maximum atomic E-state index is 12.5. The minimum Gasteiger partial charge on any atom is -0.356 e. The lowest BCUT2D eigenvalue weighted by Crippen LogP contribution is -2.55. The molecule has 2 bridgehead atoms. The summed E-state index contributed by atoms with van der Waals surface area (Å²) < 4.78 is 0. The van der Waals surface area contributed by atoms with E-state index in [4.69, 9.17) is 0 Å². The summed E-state index contributed by atoms with van der Waals surface area (Å²) in [5.41, 5.74) is 0.0924. The number of rotatable bonds is 4. The van der Waals surface area contributed by atoms with E-state index in [0.717, 1.165) is 30.7 Å². The van der Waals surface area contributed by atoms with Gasteiger partial charge in [-0.1, -0.05) is 0 Å². The fourth-order valence-corrected chi connectivity index (χ4v) is 5.74. The van der Waals surface area contributed by atoms with Crippen LogP contribution in [0.3, 0.4) is 0 Å². The van der Waals surface area contributed by atoms with Crippen molar-refractivity contribution in [2.45, 2.75) is 51.0 Å². The molecule has 1 aliphatic heterocycles. The van der Waals surface area contributed by atoms with E-state index in [0.29, 0.717) is 11.9 Å². The molecule has 0 aromatic heterocycles. The summed E-state index contributed by atoms with van der Waals surface area (Å²) in [5, 5.41) is 3.27. The molecule has 106 valence electrons. The number of likely N-dealkylation sites (tertiary alicyclic amines) is 1. The first kappa shape index (κ1) is 12.2. The molecule has 3 nitrogen and oxygen atoms in total. The molecule has 0 aromatic rings. The Kier molecular flexibility index (Phi) is 2.70. The number of nitrogens with one attached hydrogen (secondary N) is 1. The molecule has 4 rings (SSSR count). The molecule has 3 saturated carbocycles. The molecule has 19 heavy (non-hydrogen) atoms. The Morgan fingerprint density at radius 1 is 1.37 bits per heavy atom. The second kappa shape index (κ2) is 4.21. The van der Waals surface area contributed by atoms with Gasteiger partial charge in [-0.15, -0.1) is 0 Å². The topological polar surface area (TPSA) is 32.3 Å². The summed E-state index contributed by atoms with van der Waals surface area (Å²) in [6.45, 7) is 2.12. The molecule has 0 spiro atoms. The van der Waals surface area contributed by atoms with Gasteiger partial charge < -0.3 is 10.2 Å². The van der Waals surface area contributed by atoms with E-state index in [1.54, 1.807) is 0 Å². The molecule has 1 saturated heterocycles. The van der Waals surface area contributed by atoms with E-state index >= 15 is 0 Å². The normalized spacial score (nSPS) is 47.4. The molecule has 1 N–H and O–H groups in total. The monoisotopic (exact) mass is 262 g/mol. The van der Waals surface area contributed by atoms with Crippen molar-refractivity contribution in [3.05, 3.63) is 0 Å². The van der Waals surface area contributed by atoms with E-state index in [9.17, 15) is 4.79 Å². The zero-order chi connectivity index (χ0) is 13.0. The van der Waals surface area contributed by atoms with Crippen LogP contribution in [0.25, 0.3) is 0 Å². The van der Waals surface area contributed by atoms with Crippen molar-refractivity contribution in [1.82, 2.24) is 10.2 Å². The van der Waals surface area contributed by atoms with Crippen LogP contribution in [0.2, 0.25) is 0 Å². The SMILES string of the molecule is CN1CCCC1CCNC(=O)C12CC3CC(C1)C2C3. The Labute approximate surface area is 116 Å². The Morgan fingerprint density at radius 2 is 2.26 bits per heavy atom. The first-order valence-electron chi connectivity index (χ1n) is 8.17. The van der Waals surface area contributed by atoms with Crippen molar-refractivity contribution < 1.29 is 4.79 Å². The number of nitrogens with zero attached hydrogens (tertiary/aromatic N) is 1. The number of amides is 1. The van der Waals surface area contributed by atoms with Gasteiger partial charge in [0.15, 0.2) is 0 Å². The Hall–Kier alpha value is -0.570. The first-order valence-corrected chi connectivity index (χ1v) is 8.17. The fourth-order valence-electron chi connectivity index (χ4n) is 5.74. The highest BCUT2D eigenvalue weighted by atomic mass is 16.2. The largest absolute Gasteiger partial charge is 0.356 e. The van der Waals surface area contributed by atoms with Gasteiger partial charge in [0.25, 0.3) is 0 Å². The van der Waals surface area contributed by atoms with Crippen LogP contribution in [-0.4, -0.2) is 37.0 Å². The fraction of sp³-hybridized carbons (Fsp3) is 0.938. The van der Waals surface area contributed by atoms with Crippen molar-refractivity contribution >= 4 is 5.91 Å². The van der Waals surface area contributed by atoms with Gasteiger partial charge in [0, 0.05) is 12.6 Å². The molecule has 5 atom stereocenters. The van der Waals surface area contributed by atoms with Crippen LogP contribution >= 0.6 is 0 Å². The van der Waals surface area contributed by atoms with Gasteiger partial charge in [-0.05, 0) is 76.3 Å². The predicted octanol–water partition coefficient (Wildman–Crippen LogP) is 2.02. The molecule has 0 radical (unpaired) electrons. The standard InChI is InChI=1S/C16H26N2O/c1-18-6-2-3-13(18)4-5-17-15(19)16-9-11-7-12(10-16)14(16)8-11/h11-14H,2-10H2,1H3,(H,17,19). The second-order valence-corrected chi connectivity index (χ2v) is 7.59. The smallest absolute Gasteiger partial charge is 0.226 e. The quantitative estimate of drug-likeness (QED) is 0.840. The van der Waals surface area contributed by atoms with Crippen LogP contribution in [0.15, 0.2) is 0 Å². The van der Waals surface area contributed by atoms with E-state index in [1.165, 1.54) is 45.1 Å². The summed E-state index contributed by atoms with van der Waals surface area (Å²) in [6, 6.07) is 0.701. The minimum atomic E-state index is 0.0924. The lowest BCUT2D eigenvalue weighted by Gasteiger charge is -2.52. The Balaban J connectivity index is 1.29. The summed E-state index contributed by atoms with van der Waals surface area (Å²) in [5.74, 6) is 2.95. The van der Waals surface area contributed by atoms with Crippen molar-refractivity contribution in [1.29, 1.82) is 0 Å². The van der Waals surface area contributed by atoms with Gasteiger partial charge in [-0.25, -0.2) is 0 Å². The first-order chi connectivity index (χ1) is 9.19. The van der Waals surface area contributed by atoms with Crippen LogP contribution in [0, 0.1) is 23.2 Å². The van der Waals surface area contributed by atoms with Gasteiger partial charge in [0.2, 0.25) is 5.91 Å². The maximum Gasteiger partial charge on any atom is 0.226 e. The molecular formula is C16H26N2O. The second-order valence-electron chi connectivity index (χ2n) is 7.59. The zero-order valence-electron chi connectivity index (χ0n) is 12.0. The van der Waals surface area contributed by atoms with Crippen LogP contribution in [0.4, 0.5) is 0 Å². The molecule has 1 amide bonds. The molecule has 4 aliphatic rings. The molecular weight excluding hydrogens is 236 g/mol. The van der Waals surface area contributed by atoms with Crippen molar-refractivity contribution in [2.75, 3.05) is 20.1 Å². The molecule has 1 heterocycles. The van der Waals surface area contributed by atoms with Crippen molar-refractivity contribution in [2.24, 2.45) is 23.2 Å². The van der Waals surface area contributed by atoms with Crippen molar-refractivity contribution in [3.63, 3.8) is 0 Å². The summed E-state index contributed by atoms with van der Waals surface area (Å²) in [6.07, 6.45) is 8.94. The summed E-state index contributed by atoms with van der Waals surface area (Å²) in [7, 11) is 2.21. The molecule has 3 aliphatic carbocycles. The van der Waals surface area contributed by atoms with Crippen LogP contribution in [0.1, 0.15) is 44.9 Å². The third kappa shape index (κ3) is 1.70. The number of hydrogen-bond donors (Lipinski definition) is 1. The summed E-state index contributed by atoms with van der Waals surface area (Å²) in [4.78, 5) is 15.0. The van der Waals surface area contributed by atoms with Gasteiger partial charge in [0.1, 0.15) is 0 Å². The maximum absolute atomic E-state index is 12.5. The highest BCUT2D eigenvalue weighted by Crippen LogP contribution is 2.70. The lowest BCUT2D eigenvalue weighted by atomic mass is 9.52. The Bertz CT molecular complexity index is 396. The van der Waals surface area contributed by atoms with E-state index in [1.807, 2.05) is 0 Å². The summed E-state index contributed by atoms with van der Waals surface area (Å²) >= 11 is 0. The van der Waals surface area contributed by atoms with Gasteiger partial charge in [-0.3, -0.25) is 4.79 Å². The van der Waals surface area contributed by atoms with Gasteiger partial charge in [0.05, 0.1) is 5.41 Å². The predicted molar refractivity (Wildman–Crippen MR) is 74.6 cm³/mol. The van der Waals surface area contributed by atoms with E-state index in [-0.39, 0.29) is 5.41 Å². The molecule has 5 unspecified atom stereocenters. The van der Waals surface area contributed by atoms with Crippen LogP contribution in [0.5, 0.6) is 0 Å². The average Bonchev–Trinajstić information content (AvgIpc) is 3.02. The third-order valence-corrected chi connectivity index (χ3v) is 6.67. The minimum absolute atomic E-state index is 0.0924. The Morgan fingerprint density at radius 3 is 2.89 bits per heavy atom. The number of carbonyl (C=O) groups is 1. The molecule has 3 heteroatoms. The zero-order valence-corrected chi connectivity index (χ0v) is 12.0. The van der Waals surface area contributed by atoms with Crippen LogP contribution in [-0.2, 0) is 4.79 Å². The number of hydrogen-bond acceptors (Lipinski definition) is 2. The van der Waals surface area contributed by atoms with Crippen molar-refractivity contribution in [3.8, 4) is 0 Å². The van der Waals surface area contributed by atoms with Crippen LogP contribution < -0.4 is 5.32 Å². The number of fused-ring (bicyclic) bond motifs is 1. The van der Waals surface area contributed by atoms with Gasteiger partial charge in [-0.2, -0.15) is 0 Å². The third-order valence-electron chi connectivity index (χ3n) is 6.67. The number of carbonyl (C=O) groups excluding carboxylic acids is 1. The lowest BCUT2D eigenvalue weighted by molar-refractivity contribution is -0.148. The highest BCUT2D eigenvalue weighted by molar-refractivity contribution is 5.85. The van der Waals surface area contributed by atoms with E-state index in [2.05, 4.69) is 17.3 Å². The highest BCUT2D eigenvalue weighted by Gasteiger charge is 2.67. The average molecular weight is 262 g/mol. The van der Waals surface area contributed by atoms with E-state index < -0.39 is 0 Å².